The summed E-state index contributed by atoms with van der Waals surface area (Å²) in [5.41, 5.74) is 4.52. The lowest BCUT2D eigenvalue weighted by atomic mass is 10.0. The average Bonchev–Trinajstić information content (AvgIpc) is 3.19. The van der Waals surface area contributed by atoms with Gasteiger partial charge in [-0.15, -0.1) is 5.92 Å². The maximum absolute atomic E-state index is 11.2. The van der Waals surface area contributed by atoms with Crippen LogP contribution in [0.15, 0.2) is 121 Å². The summed E-state index contributed by atoms with van der Waals surface area (Å²) in [5.74, 6) is 7.03. The van der Waals surface area contributed by atoms with Crippen LogP contribution in [0.3, 0.4) is 0 Å². The van der Waals surface area contributed by atoms with Crippen molar-refractivity contribution in [2.45, 2.75) is 135 Å². The fourth-order valence-electron chi connectivity index (χ4n) is 6.73. The number of hydrogen-bond donors (Lipinski definition) is 1. The van der Waals surface area contributed by atoms with Gasteiger partial charge in [0.1, 0.15) is 12.2 Å². The summed E-state index contributed by atoms with van der Waals surface area (Å²) in [4.78, 5) is 2.33. The molecule has 4 aromatic rings. The third-order valence-electron chi connectivity index (χ3n) is 9.75. The molecule has 0 saturated carbocycles. The van der Waals surface area contributed by atoms with Crippen LogP contribution in [0.4, 0.5) is 0 Å². The van der Waals surface area contributed by atoms with E-state index in [-0.39, 0.29) is 12.6 Å². The van der Waals surface area contributed by atoms with Gasteiger partial charge in [0.25, 0.3) is 0 Å². The molecule has 4 heteroatoms. The van der Waals surface area contributed by atoms with Crippen molar-refractivity contribution in [3.8, 4) is 11.8 Å². The van der Waals surface area contributed by atoms with E-state index in [1.807, 2.05) is 48.5 Å². The molecule has 0 saturated heterocycles. The molecule has 0 aliphatic rings. The molecule has 4 rings (SSSR count). The minimum Gasteiger partial charge on any atom is -0.395 e. The first-order valence-corrected chi connectivity index (χ1v) is 20.0. The Balaban J connectivity index is 1.49. The molecule has 3 atom stereocenters. The summed E-state index contributed by atoms with van der Waals surface area (Å²) in [6.07, 6.45) is 15.7. The Hall–Kier alpha value is -3.72. The van der Waals surface area contributed by atoms with Gasteiger partial charge in [-0.2, -0.15) is 0 Å². The van der Waals surface area contributed by atoms with Gasteiger partial charge in [-0.05, 0) is 28.7 Å². The van der Waals surface area contributed by atoms with Crippen LogP contribution in [0.2, 0.25) is 0 Å². The van der Waals surface area contributed by atoms with Gasteiger partial charge in [-0.25, -0.2) is 0 Å². The molecule has 0 amide bonds. The van der Waals surface area contributed by atoms with Crippen LogP contribution < -0.4 is 0 Å². The SMILES string of the molecule is CCCCCCCCCCCCCCC#C[C@H](OCc1ccccc1)[C@@H](OCc1ccccc1)[C@H](CO)N(Cc1ccccc1)Cc1ccccc1. The monoisotopic (exact) mass is 701 g/mol. The normalized spacial score (nSPS) is 13.0. The summed E-state index contributed by atoms with van der Waals surface area (Å²) in [6.45, 7) is 4.32. The second-order valence-corrected chi connectivity index (χ2v) is 14.1. The van der Waals surface area contributed by atoms with E-state index in [0.717, 1.165) is 24.0 Å². The number of unbranched alkanes of at least 4 members (excludes halogenated alkanes) is 12. The lowest BCUT2D eigenvalue weighted by Gasteiger charge is -2.38. The van der Waals surface area contributed by atoms with Crippen LogP contribution in [0.5, 0.6) is 0 Å². The van der Waals surface area contributed by atoms with Crippen molar-refractivity contribution in [2.24, 2.45) is 0 Å². The molecule has 4 aromatic carbocycles. The van der Waals surface area contributed by atoms with Crippen LogP contribution >= 0.6 is 0 Å². The fraction of sp³-hybridized carbons (Fsp3) is 0.458. The Morgan fingerprint density at radius 3 is 1.37 bits per heavy atom. The number of aliphatic hydroxyl groups is 1. The van der Waals surface area contributed by atoms with Crippen molar-refractivity contribution >= 4 is 0 Å². The molecule has 0 radical (unpaired) electrons. The van der Waals surface area contributed by atoms with E-state index < -0.39 is 12.2 Å². The third kappa shape index (κ3) is 16.3. The Morgan fingerprint density at radius 1 is 0.519 bits per heavy atom. The Labute approximate surface area is 315 Å². The second-order valence-electron chi connectivity index (χ2n) is 14.1. The first kappa shape index (κ1) is 41.0. The van der Waals surface area contributed by atoms with E-state index in [1.165, 1.54) is 81.8 Å². The summed E-state index contributed by atoms with van der Waals surface area (Å²) < 4.78 is 13.5. The zero-order valence-electron chi connectivity index (χ0n) is 31.7. The average molecular weight is 702 g/mol. The molecule has 0 unspecified atom stereocenters. The number of aliphatic hydroxyl groups excluding tert-OH is 1. The van der Waals surface area contributed by atoms with Gasteiger partial charge < -0.3 is 14.6 Å². The predicted octanol–water partition coefficient (Wildman–Crippen LogP) is 11.3. The smallest absolute Gasteiger partial charge is 0.146 e. The summed E-state index contributed by atoms with van der Waals surface area (Å²) in [5, 5.41) is 11.2. The van der Waals surface area contributed by atoms with Crippen LogP contribution in [0, 0.1) is 11.8 Å². The third-order valence-corrected chi connectivity index (χ3v) is 9.75. The molecule has 0 bridgehead atoms. The second kappa shape index (κ2) is 26.1. The highest BCUT2D eigenvalue weighted by Crippen LogP contribution is 2.23. The molecule has 278 valence electrons. The number of ether oxygens (including phenoxy) is 2. The van der Waals surface area contributed by atoms with Gasteiger partial charge >= 0.3 is 0 Å². The van der Waals surface area contributed by atoms with Crippen molar-refractivity contribution in [3.63, 3.8) is 0 Å². The number of benzene rings is 4. The molecule has 0 fully saturated rings. The molecule has 0 heterocycles. The van der Waals surface area contributed by atoms with Crippen LogP contribution in [-0.4, -0.2) is 34.9 Å². The molecule has 52 heavy (non-hydrogen) atoms. The Morgan fingerprint density at radius 2 is 0.923 bits per heavy atom. The van der Waals surface area contributed by atoms with Crippen molar-refractivity contribution in [3.05, 3.63) is 144 Å². The first-order chi connectivity index (χ1) is 25.8. The van der Waals surface area contributed by atoms with Crippen molar-refractivity contribution in [1.82, 2.24) is 4.90 Å². The summed E-state index contributed by atoms with van der Waals surface area (Å²) >= 11 is 0. The molecule has 4 nitrogen and oxygen atoms in total. The van der Waals surface area contributed by atoms with E-state index in [1.54, 1.807) is 0 Å². The van der Waals surface area contributed by atoms with E-state index in [4.69, 9.17) is 9.47 Å². The van der Waals surface area contributed by atoms with Crippen molar-refractivity contribution < 1.29 is 14.6 Å². The molecule has 0 spiro atoms. The number of rotatable bonds is 26. The Kier molecular flexibility index (Phi) is 20.6. The van der Waals surface area contributed by atoms with E-state index in [2.05, 4.69) is 96.5 Å². The van der Waals surface area contributed by atoms with Crippen molar-refractivity contribution in [2.75, 3.05) is 6.61 Å². The largest absolute Gasteiger partial charge is 0.395 e. The number of hydrogen-bond acceptors (Lipinski definition) is 4. The quantitative estimate of drug-likeness (QED) is 0.0523. The molecular weight excluding hydrogens is 639 g/mol. The highest BCUT2D eigenvalue weighted by atomic mass is 16.5. The molecule has 0 aliphatic carbocycles. The highest BCUT2D eigenvalue weighted by Gasteiger charge is 2.35. The van der Waals surface area contributed by atoms with Gasteiger partial charge in [0.15, 0.2) is 0 Å². The van der Waals surface area contributed by atoms with Gasteiger partial charge in [0.2, 0.25) is 0 Å². The standard InChI is InChI=1S/C48H63NO3/c1-2-3-4-5-6-7-8-9-10-11-12-13-14-27-36-47(51-40-44-32-23-17-24-33-44)48(52-41-45-34-25-18-26-35-45)46(39-50)49(37-42-28-19-15-20-29-42)38-43-30-21-16-22-31-43/h15-26,28-35,46-48,50H,2-14,37-41H2,1H3/t46-,47-,48-/m0/s1. The van der Waals surface area contributed by atoms with Crippen LogP contribution in [0.1, 0.15) is 113 Å². The highest BCUT2D eigenvalue weighted by molar-refractivity contribution is 5.20. The van der Waals surface area contributed by atoms with Crippen LogP contribution in [0.25, 0.3) is 0 Å². The van der Waals surface area contributed by atoms with Gasteiger partial charge in [0, 0.05) is 19.5 Å². The Bertz CT molecular complexity index is 1440. The molecule has 0 aliphatic heterocycles. The zero-order valence-corrected chi connectivity index (χ0v) is 31.7. The van der Waals surface area contributed by atoms with Crippen molar-refractivity contribution in [1.29, 1.82) is 0 Å². The van der Waals surface area contributed by atoms with E-state index in [9.17, 15) is 5.11 Å². The lowest BCUT2D eigenvalue weighted by Crippen LogP contribution is -2.52. The van der Waals surface area contributed by atoms with Gasteiger partial charge in [-0.1, -0.05) is 205 Å². The zero-order chi connectivity index (χ0) is 36.3. The summed E-state index contributed by atoms with van der Waals surface area (Å²) in [7, 11) is 0. The van der Waals surface area contributed by atoms with Gasteiger partial charge in [-0.3, -0.25) is 4.90 Å². The number of nitrogens with zero attached hydrogens (tertiary/aromatic N) is 1. The maximum Gasteiger partial charge on any atom is 0.146 e. The molecular formula is C48H63NO3. The first-order valence-electron chi connectivity index (χ1n) is 20.0. The summed E-state index contributed by atoms with van der Waals surface area (Å²) in [6, 6.07) is 41.1. The van der Waals surface area contributed by atoms with E-state index >= 15 is 0 Å². The lowest BCUT2D eigenvalue weighted by molar-refractivity contribution is -0.110. The van der Waals surface area contributed by atoms with E-state index in [0.29, 0.717) is 26.3 Å². The predicted molar refractivity (Wildman–Crippen MR) is 217 cm³/mol. The topological polar surface area (TPSA) is 41.9 Å². The minimum absolute atomic E-state index is 0.0925. The van der Waals surface area contributed by atoms with Gasteiger partial charge in [0.05, 0.1) is 25.9 Å². The maximum atomic E-state index is 11.2. The minimum atomic E-state index is -0.535. The molecule has 1 N–H and O–H groups in total. The molecule has 0 aromatic heterocycles. The fourth-order valence-corrected chi connectivity index (χ4v) is 6.73. The van der Waals surface area contributed by atoms with Crippen LogP contribution in [-0.2, 0) is 35.8 Å².